The van der Waals surface area contributed by atoms with Crippen molar-refractivity contribution in [3.63, 3.8) is 0 Å². The number of ether oxygens (including phenoxy) is 1. The molecule has 1 aliphatic heterocycles. The fourth-order valence-corrected chi connectivity index (χ4v) is 4.35. The highest BCUT2D eigenvalue weighted by molar-refractivity contribution is 5.74. The van der Waals surface area contributed by atoms with Crippen molar-refractivity contribution >= 4 is 17.8 Å². The minimum Gasteiger partial charge on any atom is -0.449 e. The van der Waals surface area contributed by atoms with Crippen LogP contribution in [0.15, 0.2) is 24.3 Å². The van der Waals surface area contributed by atoms with E-state index in [2.05, 4.69) is 40.2 Å². The molecule has 3 N–H and O–H groups in total. The number of carbonyl (C=O) groups excluding carboxylic acids is 2. The molecule has 3 amide bonds. The van der Waals surface area contributed by atoms with Gasteiger partial charge < -0.3 is 25.6 Å². The molecule has 0 bridgehead atoms. The van der Waals surface area contributed by atoms with E-state index < -0.39 is 0 Å². The Hall–Kier alpha value is -2.44. The van der Waals surface area contributed by atoms with Crippen molar-refractivity contribution in [3.05, 3.63) is 29.8 Å². The summed E-state index contributed by atoms with van der Waals surface area (Å²) in [5, 5.41) is 9.61. The Morgan fingerprint density at radius 2 is 1.62 bits per heavy atom. The second kappa shape index (κ2) is 11.4. The van der Waals surface area contributed by atoms with Crippen LogP contribution in [0.25, 0.3) is 0 Å². The van der Waals surface area contributed by atoms with Gasteiger partial charge in [-0.05, 0) is 64.2 Å². The number of nitrogens with zero attached hydrogens (tertiary/aromatic N) is 1. The Morgan fingerprint density at radius 1 is 0.969 bits per heavy atom. The third kappa shape index (κ3) is 8.24. The number of amides is 3. The van der Waals surface area contributed by atoms with Gasteiger partial charge in [0.05, 0.1) is 6.61 Å². The van der Waals surface area contributed by atoms with Crippen LogP contribution in [-0.2, 0) is 11.2 Å². The lowest BCUT2D eigenvalue weighted by Crippen LogP contribution is -2.49. The molecule has 2 fully saturated rings. The second-order valence-electron chi connectivity index (χ2n) is 10.1. The van der Waals surface area contributed by atoms with Crippen molar-refractivity contribution in [2.45, 2.75) is 89.8 Å². The molecule has 7 nitrogen and oxygen atoms in total. The fraction of sp³-hybridized carbons (Fsp3) is 0.680. The number of nitrogens with one attached hydrogen (secondary N) is 3. The number of anilines is 1. The monoisotopic (exact) mass is 444 g/mol. The van der Waals surface area contributed by atoms with E-state index >= 15 is 0 Å². The third-order valence-electron chi connectivity index (χ3n) is 6.14. The van der Waals surface area contributed by atoms with Gasteiger partial charge in [0, 0.05) is 42.8 Å². The number of carbonyl (C=O) groups is 2. The zero-order valence-corrected chi connectivity index (χ0v) is 19.9. The maximum atomic E-state index is 12.5. The maximum Gasteiger partial charge on any atom is 0.407 e. The van der Waals surface area contributed by atoms with Crippen molar-refractivity contribution < 1.29 is 14.3 Å². The first kappa shape index (κ1) is 24.2. The average Bonchev–Trinajstić information content (AvgIpc) is 2.75. The summed E-state index contributed by atoms with van der Waals surface area (Å²) in [6, 6.07) is 9.14. The molecular weight excluding hydrogens is 404 g/mol. The molecule has 1 aromatic rings. The van der Waals surface area contributed by atoms with E-state index in [0.29, 0.717) is 25.1 Å². The van der Waals surface area contributed by atoms with Crippen LogP contribution >= 0.6 is 0 Å². The smallest absolute Gasteiger partial charge is 0.407 e. The fourth-order valence-electron chi connectivity index (χ4n) is 4.35. The van der Waals surface area contributed by atoms with Crippen molar-refractivity contribution in [2.75, 3.05) is 25.0 Å². The van der Waals surface area contributed by atoms with E-state index in [1.807, 2.05) is 25.7 Å². The zero-order valence-electron chi connectivity index (χ0n) is 19.9. The lowest BCUT2D eigenvalue weighted by Gasteiger charge is -2.34. The van der Waals surface area contributed by atoms with Crippen molar-refractivity contribution in [1.82, 2.24) is 15.5 Å². The van der Waals surface area contributed by atoms with Gasteiger partial charge in [0.2, 0.25) is 0 Å². The Balaban J connectivity index is 1.34. The van der Waals surface area contributed by atoms with E-state index in [9.17, 15) is 9.59 Å². The summed E-state index contributed by atoms with van der Waals surface area (Å²) in [7, 11) is 0. The molecule has 0 atom stereocenters. The number of alkyl carbamates (subject to hydrolysis) is 1. The molecule has 0 radical (unpaired) electrons. The molecule has 1 heterocycles. The quantitative estimate of drug-likeness (QED) is 0.595. The largest absolute Gasteiger partial charge is 0.449 e. The summed E-state index contributed by atoms with van der Waals surface area (Å²) in [6.07, 6.45) is 8.22. The lowest BCUT2D eigenvalue weighted by molar-refractivity contribution is 0.139. The normalized spacial score (nSPS) is 18.2. The highest BCUT2D eigenvalue weighted by Gasteiger charge is 2.25. The molecule has 1 aromatic carbocycles. The molecule has 7 heteroatoms. The van der Waals surface area contributed by atoms with Gasteiger partial charge in [0.15, 0.2) is 0 Å². The molecule has 1 saturated carbocycles. The van der Waals surface area contributed by atoms with Crippen LogP contribution in [0.2, 0.25) is 0 Å². The topological polar surface area (TPSA) is 82.7 Å². The van der Waals surface area contributed by atoms with Gasteiger partial charge in [-0.3, -0.25) is 0 Å². The van der Waals surface area contributed by atoms with Crippen molar-refractivity contribution in [2.24, 2.45) is 0 Å². The predicted octanol–water partition coefficient (Wildman–Crippen LogP) is 4.67. The molecule has 32 heavy (non-hydrogen) atoms. The lowest BCUT2D eigenvalue weighted by atomic mass is 9.95. The summed E-state index contributed by atoms with van der Waals surface area (Å²) in [4.78, 5) is 26.2. The highest BCUT2D eigenvalue weighted by atomic mass is 16.5. The zero-order chi connectivity index (χ0) is 23.0. The van der Waals surface area contributed by atoms with E-state index in [-0.39, 0.29) is 17.7 Å². The van der Waals surface area contributed by atoms with Crippen LogP contribution < -0.4 is 16.0 Å². The molecular formula is C25H40N4O3. The van der Waals surface area contributed by atoms with Crippen LogP contribution in [0.5, 0.6) is 0 Å². The molecule has 2 aliphatic rings. The van der Waals surface area contributed by atoms with Gasteiger partial charge in [-0.25, -0.2) is 9.59 Å². The van der Waals surface area contributed by atoms with Crippen molar-refractivity contribution in [3.8, 4) is 0 Å². The minimum atomic E-state index is -0.380. The summed E-state index contributed by atoms with van der Waals surface area (Å²) in [5.41, 5.74) is 1.93. The summed E-state index contributed by atoms with van der Waals surface area (Å²) in [6.45, 7) is 7.73. The molecule has 178 valence electrons. The highest BCUT2D eigenvalue weighted by Crippen LogP contribution is 2.20. The molecule has 0 unspecified atom stereocenters. The second-order valence-corrected chi connectivity index (χ2v) is 10.1. The Bertz CT molecular complexity index is 731. The van der Waals surface area contributed by atoms with Gasteiger partial charge >= 0.3 is 12.1 Å². The molecule has 0 spiro atoms. The molecule has 1 saturated heterocycles. The van der Waals surface area contributed by atoms with Crippen LogP contribution in [0.3, 0.4) is 0 Å². The number of urea groups is 1. The van der Waals surface area contributed by atoms with Crippen LogP contribution in [-0.4, -0.2) is 54.3 Å². The van der Waals surface area contributed by atoms with E-state index in [1.165, 1.54) is 19.3 Å². The number of benzene rings is 1. The molecule has 3 rings (SSSR count). The third-order valence-corrected chi connectivity index (χ3v) is 6.14. The van der Waals surface area contributed by atoms with Crippen LogP contribution in [0.4, 0.5) is 15.3 Å². The van der Waals surface area contributed by atoms with Gasteiger partial charge in [-0.1, -0.05) is 31.4 Å². The number of rotatable bonds is 6. The van der Waals surface area contributed by atoms with Gasteiger partial charge in [0.1, 0.15) is 0 Å². The number of hydrogen-bond donors (Lipinski definition) is 3. The first-order chi connectivity index (χ1) is 15.3. The number of likely N-dealkylation sites (tertiary alicyclic amines) is 1. The summed E-state index contributed by atoms with van der Waals surface area (Å²) in [5.74, 6) is 0. The molecule has 1 aliphatic carbocycles. The SMILES string of the molecule is CC(C)(C)NC(=O)OCCc1ccc(NC2CCN(C(=O)NC3CCCCC3)CC2)cc1. The number of hydrogen-bond acceptors (Lipinski definition) is 4. The Kier molecular flexibility index (Phi) is 8.65. The van der Waals surface area contributed by atoms with Gasteiger partial charge in [-0.15, -0.1) is 0 Å². The van der Waals surface area contributed by atoms with E-state index in [0.717, 1.165) is 50.0 Å². The standard InChI is InChI=1S/C25H40N4O3/c1-25(2,3)28-24(31)32-18-15-19-9-11-21(12-10-19)26-22-13-16-29(17-14-22)23(30)27-20-7-5-4-6-8-20/h9-12,20,22,26H,4-8,13-18H2,1-3H3,(H,27,30)(H,28,31). The first-order valence-corrected chi connectivity index (χ1v) is 12.1. The summed E-state index contributed by atoms with van der Waals surface area (Å²) >= 11 is 0. The first-order valence-electron chi connectivity index (χ1n) is 12.1. The van der Waals surface area contributed by atoms with Crippen molar-refractivity contribution in [1.29, 1.82) is 0 Å². The van der Waals surface area contributed by atoms with Gasteiger partial charge in [0.25, 0.3) is 0 Å². The summed E-state index contributed by atoms with van der Waals surface area (Å²) < 4.78 is 5.25. The van der Waals surface area contributed by atoms with Crippen LogP contribution in [0, 0.1) is 0 Å². The van der Waals surface area contributed by atoms with E-state index in [1.54, 1.807) is 0 Å². The number of piperidine rings is 1. The maximum absolute atomic E-state index is 12.5. The Morgan fingerprint density at radius 3 is 2.25 bits per heavy atom. The minimum absolute atomic E-state index is 0.109. The van der Waals surface area contributed by atoms with Gasteiger partial charge in [-0.2, -0.15) is 0 Å². The average molecular weight is 445 g/mol. The molecule has 0 aromatic heterocycles. The van der Waals surface area contributed by atoms with E-state index in [4.69, 9.17) is 4.74 Å². The predicted molar refractivity (Wildman–Crippen MR) is 128 cm³/mol. The Labute approximate surface area is 192 Å². The van der Waals surface area contributed by atoms with Crippen LogP contribution in [0.1, 0.15) is 71.3 Å².